The smallest absolute Gasteiger partial charge is 0.255 e. The number of amides is 1. The van der Waals surface area contributed by atoms with Crippen molar-refractivity contribution in [2.24, 2.45) is 0 Å². The Hall–Kier alpha value is -2.00. The zero-order valence-corrected chi connectivity index (χ0v) is 14.3. The van der Waals surface area contributed by atoms with Crippen LogP contribution in [0.3, 0.4) is 0 Å². The van der Waals surface area contributed by atoms with E-state index in [-0.39, 0.29) is 5.91 Å². The highest BCUT2D eigenvalue weighted by atomic mass is 35.5. The number of aryl methyl sites for hydroxylation is 2. The van der Waals surface area contributed by atoms with Crippen LogP contribution in [-0.4, -0.2) is 37.0 Å². The van der Waals surface area contributed by atoms with Gasteiger partial charge in [0.05, 0.1) is 10.6 Å². The van der Waals surface area contributed by atoms with Crippen LogP contribution in [0.15, 0.2) is 42.5 Å². The average Bonchev–Trinajstić information content (AvgIpc) is 2.57. The number of carbonyl (C=O) groups excluding carboxylic acids is 1. The van der Waals surface area contributed by atoms with Gasteiger partial charge >= 0.3 is 0 Å². The van der Waals surface area contributed by atoms with Gasteiger partial charge in [0.1, 0.15) is 0 Å². The van der Waals surface area contributed by atoms with Crippen molar-refractivity contribution in [3.63, 3.8) is 0 Å². The molecule has 1 fully saturated rings. The second kappa shape index (κ2) is 6.63. The molecule has 1 aliphatic heterocycles. The predicted octanol–water partition coefficient (Wildman–Crippen LogP) is 3.92. The molecule has 0 unspecified atom stereocenters. The van der Waals surface area contributed by atoms with Gasteiger partial charge in [-0.25, -0.2) is 0 Å². The van der Waals surface area contributed by atoms with Crippen LogP contribution in [0.25, 0.3) is 0 Å². The monoisotopic (exact) mass is 328 g/mol. The maximum atomic E-state index is 12.6. The molecule has 1 amide bonds. The second-order valence-corrected chi connectivity index (χ2v) is 6.43. The first-order valence-corrected chi connectivity index (χ1v) is 8.30. The molecule has 2 aromatic rings. The molecule has 0 saturated carbocycles. The third kappa shape index (κ3) is 3.35. The molecule has 1 saturated heterocycles. The molecule has 2 aromatic carbocycles. The number of hydrogen-bond acceptors (Lipinski definition) is 2. The van der Waals surface area contributed by atoms with Crippen LogP contribution >= 0.6 is 11.6 Å². The van der Waals surface area contributed by atoms with Gasteiger partial charge in [-0.2, -0.15) is 0 Å². The minimum absolute atomic E-state index is 0.0235. The van der Waals surface area contributed by atoms with E-state index >= 15 is 0 Å². The highest BCUT2D eigenvalue weighted by Crippen LogP contribution is 2.22. The fourth-order valence-electron chi connectivity index (χ4n) is 2.90. The van der Waals surface area contributed by atoms with Gasteiger partial charge in [-0.1, -0.05) is 29.8 Å². The first-order valence-electron chi connectivity index (χ1n) is 7.92. The molecule has 0 radical (unpaired) electrons. The van der Waals surface area contributed by atoms with E-state index in [1.54, 1.807) is 12.1 Å². The Labute approximate surface area is 142 Å². The minimum Gasteiger partial charge on any atom is -0.368 e. The summed E-state index contributed by atoms with van der Waals surface area (Å²) >= 11 is 6.14. The van der Waals surface area contributed by atoms with Gasteiger partial charge < -0.3 is 9.80 Å². The van der Waals surface area contributed by atoms with E-state index in [2.05, 4.69) is 36.9 Å². The van der Waals surface area contributed by atoms with E-state index in [0.29, 0.717) is 10.6 Å². The van der Waals surface area contributed by atoms with Crippen LogP contribution in [0.1, 0.15) is 21.5 Å². The predicted molar refractivity (Wildman–Crippen MR) is 95.5 cm³/mol. The van der Waals surface area contributed by atoms with Gasteiger partial charge in [0.2, 0.25) is 0 Å². The normalized spacial score (nSPS) is 14.9. The molecule has 0 aromatic heterocycles. The molecule has 0 atom stereocenters. The van der Waals surface area contributed by atoms with Crippen molar-refractivity contribution in [2.75, 3.05) is 31.1 Å². The third-order valence-corrected chi connectivity index (χ3v) is 4.86. The van der Waals surface area contributed by atoms with Gasteiger partial charge in [-0.15, -0.1) is 0 Å². The summed E-state index contributed by atoms with van der Waals surface area (Å²) in [5.41, 5.74) is 4.44. The van der Waals surface area contributed by atoms with Crippen molar-refractivity contribution in [1.29, 1.82) is 0 Å². The van der Waals surface area contributed by atoms with Gasteiger partial charge in [0, 0.05) is 31.9 Å². The standard InChI is InChI=1S/C19H21ClN2O/c1-14-7-8-16(13-15(14)2)21-9-11-22(12-10-21)19(23)17-5-3-4-6-18(17)20/h3-8,13H,9-12H2,1-2H3. The van der Waals surface area contributed by atoms with Crippen LogP contribution in [0.2, 0.25) is 5.02 Å². The molecule has 0 spiro atoms. The van der Waals surface area contributed by atoms with Crippen molar-refractivity contribution < 1.29 is 4.79 Å². The molecule has 3 rings (SSSR count). The molecule has 0 N–H and O–H groups in total. The Kier molecular flexibility index (Phi) is 4.58. The van der Waals surface area contributed by atoms with Gasteiger partial charge in [-0.05, 0) is 49.2 Å². The summed E-state index contributed by atoms with van der Waals surface area (Å²) in [6.07, 6.45) is 0. The van der Waals surface area contributed by atoms with Crippen LogP contribution in [0.4, 0.5) is 5.69 Å². The Bertz CT molecular complexity index is 721. The maximum Gasteiger partial charge on any atom is 0.255 e. The minimum atomic E-state index is 0.0235. The Morgan fingerprint density at radius 1 is 0.957 bits per heavy atom. The molecular formula is C19H21ClN2O. The lowest BCUT2D eigenvalue weighted by Gasteiger charge is -2.36. The van der Waals surface area contributed by atoms with Gasteiger partial charge in [0.15, 0.2) is 0 Å². The number of piperazine rings is 1. The van der Waals surface area contributed by atoms with E-state index in [0.717, 1.165) is 26.2 Å². The maximum absolute atomic E-state index is 12.6. The van der Waals surface area contributed by atoms with Crippen molar-refractivity contribution in [3.05, 3.63) is 64.2 Å². The summed E-state index contributed by atoms with van der Waals surface area (Å²) in [5.74, 6) is 0.0235. The summed E-state index contributed by atoms with van der Waals surface area (Å²) in [5, 5.41) is 0.522. The molecule has 120 valence electrons. The zero-order valence-electron chi connectivity index (χ0n) is 13.6. The highest BCUT2D eigenvalue weighted by Gasteiger charge is 2.23. The number of hydrogen-bond donors (Lipinski definition) is 0. The number of halogens is 1. The van der Waals surface area contributed by atoms with E-state index in [1.165, 1.54) is 16.8 Å². The van der Waals surface area contributed by atoms with Crippen LogP contribution in [-0.2, 0) is 0 Å². The molecule has 0 bridgehead atoms. The van der Waals surface area contributed by atoms with E-state index < -0.39 is 0 Å². The largest absolute Gasteiger partial charge is 0.368 e. The fourth-order valence-corrected chi connectivity index (χ4v) is 3.11. The molecule has 1 aliphatic rings. The summed E-state index contributed by atoms with van der Waals surface area (Å²) in [7, 11) is 0. The summed E-state index contributed by atoms with van der Waals surface area (Å²) in [6.45, 7) is 7.39. The van der Waals surface area contributed by atoms with Crippen LogP contribution < -0.4 is 4.90 Å². The first kappa shape index (κ1) is 15.9. The number of anilines is 1. The van der Waals surface area contributed by atoms with Gasteiger partial charge in [0.25, 0.3) is 5.91 Å². The molecule has 23 heavy (non-hydrogen) atoms. The van der Waals surface area contributed by atoms with E-state index in [9.17, 15) is 4.79 Å². The Balaban J connectivity index is 1.67. The Morgan fingerprint density at radius 2 is 1.65 bits per heavy atom. The van der Waals surface area contributed by atoms with Crippen LogP contribution in [0, 0.1) is 13.8 Å². The quantitative estimate of drug-likeness (QED) is 0.834. The van der Waals surface area contributed by atoms with Gasteiger partial charge in [-0.3, -0.25) is 4.79 Å². The van der Waals surface area contributed by atoms with E-state index in [1.807, 2.05) is 17.0 Å². The SMILES string of the molecule is Cc1ccc(N2CCN(C(=O)c3ccccc3Cl)CC2)cc1C. The molecule has 4 heteroatoms. The molecule has 0 aliphatic carbocycles. The lowest BCUT2D eigenvalue weighted by Crippen LogP contribution is -2.48. The second-order valence-electron chi connectivity index (χ2n) is 6.03. The zero-order chi connectivity index (χ0) is 16.4. The number of carbonyl (C=O) groups is 1. The van der Waals surface area contributed by atoms with Crippen molar-refractivity contribution in [2.45, 2.75) is 13.8 Å². The number of benzene rings is 2. The molecule has 3 nitrogen and oxygen atoms in total. The summed E-state index contributed by atoms with van der Waals surface area (Å²) < 4.78 is 0. The fraction of sp³-hybridized carbons (Fsp3) is 0.316. The Morgan fingerprint density at radius 3 is 2.30 bits per heavy atom. The topological polar surface area (TPSA) is 23.6 Å². The first-order chi connectivity index (χ1) is 11.1. The molecule has 1 heterocycles. The number of nitrogens with zero attached hydrogens (tertiary/aromatic N) is 2. The summed E-state index contributed by atoms with van der Waals surface area (Å²) in [6, 6.07) is 13.8. The van der Waals surface area contributed by atoms with Crippen molar-refractivity contribution in [3.8, 4) is 0 Å². The number of rotatable bonds is 2. The molecular weight excluding hydrogens is 308 g/mol. The lowest BCUT2D eigenvalue weighted by atomic mass is 10.1. The van der Waals surface area contributed by atoms with Crippen molar-refractivity contribution in [1.82, 2.24) is 4.90 Å². The van der Waals surface area contributed by atoms with Crippen molar-refractivity contribution >= 4 is 23.2 Å². The van der Waals surface area contributed by atoms with Crippen LogP contribution in [0.5, 0.6) is 0 Å². The third-order valence-electron chi connectivity index (χ3n) is 4.53. The lowest BCUT2D eigenvalue weighted by molar-refractivity contribution is 0.0747. The van der Waals surface area contributed by atoms with E-state index in [4.69, 9.17) is 11.6 Å². The average molecular weight is 329 g/mol. The highest BCUT2D eigenvalue weighted by molar-refractivity contribution is 6.33. The summed E-state index contributed by atoms with van der Waals surface area (Å²) in [4.78, 5) is 16.8.